The first-order valence-electron chi connectivity index (χ1n) is 10.2. The van der Waals surface area contributed by atoms with Crippen LogP contribution >= 0.6 is 0 Å². The van der Waals surface area contributed by atoms with Gasteiger partial charge < -0.3 is 20.1 Å². The Labute approximate surface area is 185 Å². The maximum Gasteiger partial charge on any atom is 0.326 e. The Balaban J connectivity index is 1.52. The molecule has 1 aliphatic carbocycles. The van der Waals surface area contributed by atoms with E-state index in [1.807, 2.05) is 0 Å². The minimum absolute atomic E-state index is 0.187. The number of ether oxygens (including phenoxy) is 1. The van der Waals surface area contributed by atoms with Gasteiger partial charge >= 0.3 is 11.7 Å². The van der Waals surface area contributed by atoms with E-state index in [0.29, 0.717) is 27.8 Å². The summed E-state index contributed by atoms with van der Waals surface area (Å²) in [5.41, 5.74) is 1.14. The molecule has 0 aliphatic heterocycles. The molecule has 5 rings (SSSR count). The molecular formula is C21H20N8O4. The number of nitrogens with zero attached hydrogens (tertiary/aromatic N) is 4. The van der Waals surface area contributed by atoms with Crippen molar-refractivity contribution in [3.63, 3.8) is 0 Å². The number of imidazole rings is 1. The maximum atomic E-state index is 12.6. The molecule has 0 unspecified atom stereocenters. The quantitative estimate of drug-likeness (QED) is 0.302. The number of nitrogens with one attached hydrogen (secondary N) is 4. The number of amides is 2. The summed E-state index contributed by atoms with van der Waals surface area (Å²) in [7, 11) is 1.55. The molecule has 0 radical (unpaired) electrons. The highest BCUT2D eigenvalue weighted by molar-refractivity contribution is 5.99. The largest absolute Gasteiger partial charge is 0.497 e. The topological polar surface area (TPSA) is 162 Å². The Morgan fingerprint density at radius 3 is 2.88 bits per heavy atom. The van der Waals surface area contributed by atoms with Gasteiger partial charge in [-0.05, 0) is 31.1 Å². The number of hydrogen-bond donors (Lipinski definition) is 5. The number of fused-ring (bicyclic) bond motifs is 1. The van der Waals surface area contributed by atoms with Gasteiger partial charge in [0.05, 0.1) is 19.3 Å². The standard InChI is InChI=1S/C21H20N8O4/c1-33-14-4-2-3-13(8-14)24-20(31)27-16-9-17(23-12-5-6-12)29-18(26-16)11(10-22-29)7-15-19(30)28-21(32)25-15/h2-4,7-10,12,30H,5-6H2,1H3,(H2,24,27,31)(H2,25,28,32)/b11-7+,23-17?. The highest BCUT2D eigenvalue weighted by atomic mass is 16.5. The van der Waals surface area contributed by atoms with Gasteiger partial charge in [-0.25, -0.2) is 14.6 Å². The van der Waals surface area contributed by atoms with Crippen molar-refractivity contribution < 1.29 is 14.6 Å². The van der Waals surface area contributed by atoms with E-state index in [2.05, 4.69) is 35.7 Å². The summed E-state index contributed by atoms with van der Waals surface area (Å²) in [5, 5.41) is 20.2. The third-order valence-electron chi connectivity index (χ3n) is 4.95. The van der Waals surface area contributed by atoms with E-state index in [4.69, 9.17) is 4.74 Å². The first-order chi connectivity index (χ1) is 16.0. The summed E-state index contributed by atoms with van der Waals surface area (Å²) in [4.78, 5) is 37.9. The Morgan fingerprint density at radius 1 is 1.30 bits per heavy atom. The van der Waals surface area contributed by atoms with Gasteiger partial charge in [-0.1, -0.05) is 6.07 Å². The van der Waals surface area contributed by atoms with E-state index in [0.717, 1.165) is 12.8 Å². The van der Waals surface area contributed by atoms with Crippen molar-refractivity contribution >= 4 is 29.3 Å². The lowest BCUT2D eigenvalue weighted by atomic mass is 10.3. The summed E-state index contributed by atoms with van der Waals surface area (Å²) in [6, 6.07) is 8.32. The number of H-pyrrole nitrogens is 2. The third kappa shape index (κ3) is 4.39. The fourth-order valence-corrected chi connectivity index (χ4v) is 3.24. The Morgan fingerprint density at radius 2 is 2.15 bits per heavy atom. The zero-order chi connectivity index (χ0) is 22.9. The van der Waals surface area contributed by atoms with E-state index < -0.39 is 11.7 Å². The summed E-state index contributed by atoms with van der Waals surface area (Å²) < 4.78 is 6.73. The van der Waals surface area contributed by atoms with Crippen LogP contribution in [0.2, 0.25) is 0 Å². The number of urea groups is 1. The van der Waals surface area contributed by atoms with Gasteiger partial charge in [0.2, 0.25) is 5.88 Å². The molecule has 5 N–H and O–H groups in total. The van der Waals surface area contributed by atoms with E-state index in [1.165, 1.54) is 6.08 Å². The van der Waals surface area contributed by atoms with Crippen LogP contribution in [0.5, 0.6) is 11.6 Å². The van der Waals surface area contributed by atoms with Gasteiger partial charge in [0, 0.05) is 23.0 Å². The van der Waals surface area contributed by atoms with Gasteiger partial charge in [-0.15, -0.1) is 0 Å². The fourth-order valence-electron chi connectivity index (χ4n) is 3.24. The maximum absolute atomic E-state index is 12.6. The molecule has 4 aromatic rings. The van der Waals surface area contributed by atoms with E-state index >= 15 is 0 Å². The molecule has 2 amide bonds. The van der Waals surface area contributed by atoms with Gasteiger partial charge in [-0.3, -0.25) is 15.3 Å². The predicted octanol–water partition coefficient (Wildman–Crippen LogP) is 0.715. The van der Waals surface area contributed by atoms with Gasteiger partial charge in [-0.2, -0.15) is 9.61 Å². The number of aromatic hydroxyl groups is 1. The number of anilines is 2. The van der Waals surface area contributed by atoms with Crippen molar-refractivity contribution in [2.45, 2.75) is 18.9 Å². The second-order valence-electron chi connectivity index (χ2n) is 7.49. The van der Waals surface area contributed by atoms with Crippen LogP contribution in [0.3, 0.4) is 0 Å². The van der Waals surface area contributed by atoms with Crippen LogP contribution in [-0.4, -0.2) is 48.9 Å². The van der Waals surface area contributed by atoms with Crippen LogP contribution in [0.4, 0.5) is 16.3 Å². The molecule has 1 fully saturated rings. The summed E-state index contributed by atoms with van der Waals surface area (Å²) in [6.07, 6.45) is 5.05. The normalized spacial score (nSPS) is 14.6. The number of benzene rings is 1. The van der Waals surface area contributed by atoms with E-state index in [1.54, 1.807) is 48.2 Å². The number of carbonyl (C=O) groups is 1. The second kappa shape index (κ2) is 8.15. The molecule has 0 spiro atoms. The molecule has 12 nitrogen and oxygen atoms in total. The molecule has 3 aromatic heterocycles. The summed E-state index contributed by atoms with van der Waals surface area (Å²) in [5.74, 6) is 0.585. The first-order valence-corrected chi connectivity index (χ1v) is 10.2. The number of rotatable bonds is 5. The molecule has 1 saturated carbocycles. The Bertz CT molecular complexity index is 1530. The van der Waals surface area contributed by atoms with Crippen LogP contribution in [-0.2, 0) is 0 Å². The highest BCUT2D eigenvalue weighted by Gasteiger charge is 2.20. The smallest absolute Gasteiger partial charge is 0.326 e. The van der Waals surface area contributed by atoms with Crippen molar-refractivity contribution in [1.29, 1.82) is 0 Å². The SMILES string of the molecule is COc1cccc(NC(=O)Nc2cc(=NC3CC3)n3nc/c(=C\c4[nH]c(=O)[nH]c4O)c3n2)c1. The molecule has 1 aromatic carbocycles. The zero-order valence-corrected chi connectivity index (χ0v) is 17.5. The van der Waals surface area contributed by atoms with Gasteiger partial charge in [0.15, 0.2) is 11.1 Å². The lowest BCUT2D eigenvalue weighted by Gasteiger charge is -2.08. The van der Waals surface area contributed by atoms with Crippen LogP contribution in [0.25, 0.3) is 11.7 Å². The molecule has 33 heavy (non-hydrogen) atoms. The van der Waals surface area contributed by atoms with Gasteiger partial charge in [0.25, 0.3) is 0 Å². The number of hydrogen-bond acceptors (Lipinski definition) is 7. The molecule has 0 saturated heterocycles. The monoisotopic (exact) mass is 448 g/mol. The number of aromatic nitrogens is 5. The lowest BCUT2D eigenvalue weighted by molar-refractivity contribution is 0.262. The van der Waals surface area contributed by atoms with Crippen molar-refractivity contribution in [3.8, 4) is 11.6 Å². The third-order valence-corrected chi connectivity index (χ3v) is 4.95. The Hall–Kier alpha value is -4.61. The van der Waals surface area contributed by atoms with Gasteiger partial charge in [0.1, 0.15) is 17.3 Å². The lowest BCUT2D eigenvalue weighted by Crippen LogP contribution is -2.24. The van der Waals surface area contributed by atoms with Crippen LogP contribution in [0.15, 0.2) is 46.3 Å². The van der Waals surface area contributed by atoms with Crippen molar-refractivity contribution in [2.75, 3.05) is 17.7 Å². The molecule has 0 atom stereocenters. The molecule has 1 aliphatic rings. The predicted molar refractivity (Wildman–Crippen MR) is 119 cm³/mol. The highest BCUT2D eigenvalue weighted by Crippen LogP contribution is 2.22. The first kappa shape index (κ1) is 20.3. The second-order valence-corrected chi connectivity index (χ2v) is 7.49. The van der Waals surface area contributed by atoms with Crippen LogP contribution < -0.4 is 31.8 Å². The molecule has 168 valence electrons. The minimum atomic E-state index is -0.538. The van der Waals surface area contributed by atoms with E-state index in [9.17, 15) is 14.7 Å². The number of aromatic amines is 2. The zero-order valence-electron chi connectivity index (χ0n) is 17.5. The van der Waals surface area contributed by atoms with Crippen LogP contribution in [0, 0.1) is 0 Å². The minimum Gasteiger partial charge on any atom is -0.497 e. The molecule has 0 bridgehead atoms. The van der Waals surface area contributed by atoms with Crippen molar-refractivity contribution in [2.24, 2.45) is 4.99 Å². The average Bonchev–Trinajstić information content (AvgIpc) is 3.42. The molecule has 3 heterocycles. The van der Waals surface area contributed by atoms with Crippen molar-refractivity contribution in [3.05, 3.63) is 63.4 Å². The average molecular weight is 448 g/mol. The number of methoxy groups -OCH3 is 1. The summed E-state index contributed by atoms with van der Waals surface area (Å²) in [6.45, 7) is 0. The fraction of sp³-hybridized carbons (Fsp3) is 0.190. The Kier molecular flexibility index (Phi) is 5.01. The number of carbonyl (C=O) groups excluding carboxylic acids is 1. The van der Waals surface area contributed by atoms with Crippen LogP contribution in [0.1, 0.15) is 18.5 Å². The van der Waals surface area contributed by atoms with E-state index in [-0.39, 0.29) is 23.4 Å². The summed E-state index contributed by atoms with van der Waals surface area (Å²) >= 11 is 0. The van der Waals surface area contributed by atoms with Crippen molar-refractivity contribution in [1.82, 2.24) is 24.6 Å². The molecule has 12 heteroatoms. The molecular weight excluding hydrogens is 428 g/mol.